The van der Waals surface area contributed by atoms with Gasteiger partial charge >= 0.3 is 17.3 Å². The summed E-state index contributed by atoms with van der Waals surface area (Å²) in [5.41, 5.74) is -2.57. The lowest BCUT2D eigenvalue weighted by Crippen LogP contribution is -2.04. The molecule has 0 atom stereocenters. The molecule has 12 nitrogen and oxygen atoms in total. The van der Waals surface area contributed by atoms with Gasteiger partial charge in [-0.25, -0.2) is 4.79 Å². The van der Waals surface area contributed by atoms with E-state index in [0.717, 1.165) is 0 Å². The maximum atomic E-state index is 11.4. The van der Waals surface area contributed by atoms with Gasteiger partial charge in [-0.15, -0.1) is 0 Å². The van der Waals surface area contributed by atoms with Crippen molar-refractivity contribution in [3.63, 3.8) is 0 Å². The lowest BCUT2D eigenvalue weighted by Gasteiger charge is -2.08. The van der Waals surface area contributed by atoms with Crippen molar-refractivity contribution >= 4 is 34.4 Å². The Morgan fingerprint density at radius 1 is 0.923 bits per heavy atom. The largest absolute Gasteiger partial charge is 0.465 e. The summed E-state index contributed by atoms with van der Waals surface area (Å²) in [6.07, 6.45) is 0. The number of esters is 1. The van der Waals surface area contributed by atoms with Crippen molar-refractivity contribution in [3.8, 4) is 0 Å². The van der Waals surface area contributed by atoms with Gasteiger partial charge in [-0.3, -0.25) is 30.3 Å². The van der Waals surface area contributed by atoms with E-state index >= 15 is 0 Å². The molecule has 0 bridgehead atoms. The lowest BCUT2D eigenvalue weighted by atomic mass is 10.1. The molecule has 0 aromatic heterocycles. The molecule has 0 amide bonds. The minimum absolute atomic E-state index is 0.192. The van der Waals surface area contributed by atoms with Crippen LogP contribution in [0.2, 0.25) is 0 Å². The molecule has 0 saturated carbocycles. The number of rotatable bonds is 6. The Morgan fingerprint density at radius 2 is 1.42 bits per heavy atom. The van der Waals surface area contributed by atoms with Gasteiger partial charge in [-0.2, -0.15) is 0 Å². The number of nitrogens with zero attached hydrogens (tertiary/aromatic N) is 3. The summed E-state index contributed by atoms with van der Waals surface area (Å²) in [7, 11) is 1.19. The van der Waals surface area contributed by atoms with Crippen LogP contribution in [0.3, 0.4) is 0 Å². The molecule has 0 aliphatic heterocycles. The average molecular weight is 362 g/mol. The maximum absolute atomic E-state index is 11.4. The fraction of sp³-hybridized carbons (Fsp3) is 0.0714. The Bertz CT molecular complexity index is 875. The molecular formula is C14H10N4O8. The highest BCUT2D eigenvalue weighted by Gasteiger charge is 2.30. The number of benzene rings is 2. The second kappa shape index (κ2) is 7.21. The molecule has 0 aliphatic carbocycles. The van der Waals surface area contributed by atoms with Crippen molar-refractivity contribution in [2.75, 3.05) is 12.4 Å². The number of carbonyl (C=O) groups is 1. The van der Waals surface area contributed by atoms with Crippen LogP contribution < -0.4 is 5.32 Å². The normalized spacial score (nSPS) is 10.0. The van der Waals surface area contributed by atoms with E-state index in [1.54, 1.807) is 0 Å². The third-order valence-corrected chi connectivity index (χ3v) is 3.26. The number of nitrogens with one attached hydrogen (secondary N) is 1. The third-order valence-electron chi connectivity index (χ3n) is 3.26. The van der Waals surface area contributed by atoms with Crippen LogP contribution in [-0.4, -0.2) is 27.8 Å². The first kappa shape index (κ1) is 18.3. The number of carbonyl (C=O) groups excluding carboxylic acids is 1. The van der Waals surface area contributed by atoms with E-state index in [2.05, 4.69) is 10.1 Å². The van der Waals surface area contributed by atoms with Crippen LogP contribution in [-0.2, 0) is 4.74 Å². The Morgan fingerprint density at radius 3 is 1.81 bits per heavy atom. The van der Waals surface area contributed by atoms with Crippen molar-refractivity contribution in [1.82, 2.24) is 0 Å². The highest BCUT2D eigenvalue weighted by atomic mass is 16.6. The number of nitro groups is 3. The molecule has 2 aromatic rings. The molecule has 0 saturated heterocycles. The molecule has 0 aliphatic rings. The zero-order chi connectivity index (χ0) is 19.4. The first-order valence-corrected chi connectivity index (χ1v) is 6.81. The summed E-state index contributed by atoms with van der Waals surface area (Å²) >= 11 is 0. The number of methoxy groups -OCH3 is 1. The van der Waals surface area contributed by atoms with Gasteiger partial charge in [0.2, 0.25) is 0 Å². The summed E-state index contributed by atoms with van der Waals surface area (Å²) < 4.78 is 4.53. The molecular weight excluding hydrogens is 352 g/mol. The van der Waals surface area contributed by atoms with E-state index in [0.29, 0.717) is 12.1 Å². The molecule has 2 aromatic carbocycles. The van der Waals surface area contributed by atoms with Crippen molar-refractivity contribution in [3.05, 3.63) is 72.3 Å². The highest BCUT2D eigenvalue weighted by Crippen LogP contribution is 2.40. The number of hydrogen-bond acceptors (Lipinski definition) is 9. The Labute approximate surface area is 144 Å². The van der Waals surface area contributed by atoms with Crippen LogP contribution in [0.4, 0.5) is 28.4 Å². The predicted molar refractivity (Wildman–Crippen MR) is 87.5 cm³/mol. The molecule has 134 valence electrons. The fourth-order valence-corrected chi connectivity index (χ4v) is 2.07. The quantitative estimate of drug-likeness (QED) is 0.461. The van der Waals surface area contributed by atoms with Gasteiger partial charge in [0.1, 0.15) is 0 Å². The Hall–Kier alpha value is -4.09. The van der Waals surface area contributed by atoms with Crippen LogP contribution in [0.15, 0.2) is 36.4 Å². The lowest BCUT2D eigenvalue weighted by molar-refractivity contribution is -0.401. The van der Waals surface area contributed by atoms with E-state index < -0.39 is 43.5 Å². The standard InChI is InChI=1S/C14H10N4O8/c1-26-14(19)8-2-4-9(5-3-8)15-13-11(17(22)23)6-10(16(20)21)7-12(13)18(24)25/h2-7,15H,1H3. The van der Waals surface area contributed by atoms with Crippen LogP contribution >= 0.6 is 0 Å². The maximum Gasteiger partial charge on any atom is 0.337 e. The van der Waals surface area contributed by atoms with Gasteiger partial charge in [0.25, 0.3) is 5.69 Å². The molecule has 0 heterocycles. The minimum Gasteiger partial charge on any atom is -0.465 e. The van der Waals surface area contributed by atoms with Gasteiger partial charge in [-0.1, -0.05) is 0 Å². The number of nitro benzene ring substituents is 3. The van der Waals surface area contributed by atoms with E-state index in [-0.39, 0.29) is 11.3 Å². The summed E-state index contributed by atoms with van der Waals surface area (Å²) in [4.78, 5) is 41.7. The molecule has 1 N–H and O–H groups in total. The van der Waals surface area contributed by atoms with Crippen molar-refractivity contribution in [1.29, 1.82) is 0 Å². The van der Waals surface area contributed by atoms with Gasteiger partial charge in [-0.05, 0) is 24.3 Å². The summed E-state index contributed by atoms with van der Waals surface area (Å²) in [6.45, 7) is 0. The highest BCUT2D eigenvalue weighted by molar-refractivity contribution is 5.90. The fourth-order valence-electron chi connectivity index (χ4n) is 2.07. The molecule has 12 heteroatoms. The predicted octanol–water partition coefficient (Wildman–Crippen LogP) is 2.94. The van der Waals surface area contributed by atoms with Crippen LogP contribution in [0.5, 0.6) is 0 Å². The third kappa shape index (κ3) is 3.69. The average Bonchev–Trinajstić information content (AvgIpc) is 2.61. The van der Waals surface area contributed by atoms with Gasteiger partial charge in [0.15, 0.2) is 5.69 Å². The first-order chi connectivity index (χ1) is 12.2. The van der Waals surface area contributed by atoms with E-state index in [1.165, 1.54) is 31.4 Å². The smallest absolute Gasteiger partial charge is 0.337 e. The molecule has 0 radical (unpaired) electrons. The van der Waals surface area contributed by atoms with Gasteiger partial charge < -0.3 is 10.1 Å². The number of non-ortho nitro benzene ring substituents is 1. The van der Waals surface area contributed by atoms with Crippen molar-refractivity contribution in [2.45, 2.75) is 0 Å². The summed E-state index contributed by atoms with van der Waals surface area (Å²) in [5, 5.41) is 35.7. The van der Waals surface area contributed by atoms with E-state index in [9.17, 15) is 35.1 Å². The molecule has 0 fully saturated rings. The monoisotopic (exact) mass is 362 g/mol. The Kier molecular flexibility index (Phi) is 5.06. The van der Waals surface area contributed by atoms with Crippen LogP contribution in [0, 0.1) is 30.3 Å². The Balaban J connectivity index is 2.53. The van der Waals surface area contributed by atoms with E-state index in [1.807, 2.05) is 0 Å². The molecule has 26 heavy (non-hydrogen) atoms. The topological polar surface area (TPSA) is 168 Å². The van der Waals surface area contributed by atoms with Gasteiger partial charge in [0, 0.05) is 5.69 Å². The van der Waals surface area contributed by atoms with Crippen LogP contribution in [0.1, 0.15) is 10.4 Å². The molecule has 0 unspecified atom stereocenters. The van der Waals surface area contributed by atoms with Gasteiger partial charge in [0.05, 0.1) is 39.6 Å². The summed E-state index contributed by atoms with van der Waals surface area (Å²) in [6, 6.07) is 6.63. The molecule has 0 spiro atoms. The van der Waals surface area contributed by atoms with E-state index in [4.69, 9.17) is 0 Å². The van der Waals surface area contributed by atoms with Crippen molar-refractivity contribution < 1.29 is 24.3 Å². The second-order valence-electron chi connectivity index (χ2n) is 4.82. The van der Waals surface area contributed by atoms with Crippen molar-refractivity contribution in [2.24, 2.45) is 0 Å². The zero-order valence-corrected chi connectivity index (χ0v) is 13.1. The number of ether oxygens (including phenoxy) is 1. The SMILES string of the molecule is COC(=O)c1ccc(Nc2c([N+](=O)[O-])cc([N+](=O)[O-])cc2[N+](=O)[O-])cc1. The minimum atomic E-state index is -0.967. The first-order valence-electron chi connectivity index (χ1n) is 6.81. The zero-order valence-electron chi connectivity index (χ0n) is 13.1. The summed E-state index contributed by atoms with van der Waals surface area (Å²) in [5.74, 6) is -0.608. The van der Waals surface area contributed by atoms with Crippen LogP contribution in [0.25, 0.3) is 0 Å². The second-order valence-corrected chi connectivity index (χ2v) is 4.82. The number of anilines is 2. The number of hydrogen-bond donors (Lipinski definition) is 1. The molecule has 2 rings (SSSR count).